The van der Waals surface area contributed by atoms with Crippen LogP contribution in [0.4, 0.5) is 17.1 Å². The van der Waals surface area contributed by atoms with Crippen LogP contribution in [0, 0.1) is 0 Å². The largest absolute Gasteiger partial charge is 0.310 e. The Balaban J connectivity index is 0.972. The van der Waals surface area contributed by atoms with E-state index in [4.69, 9.17) is 0 Å². The van der Waals surface area contributed by atoms with E-state index < -0.39 is 0 Å². The van der Waals surface area contributed by atoms with Crippen molar-refractivity contribution >= 4 is 49.4 Å². The number of anilines is 3. The lowest BCUT2D eigenvalue weighted by molar-refractivity contribution is 1.28. The zero-order valence-corrected chi connectivity index (χ0v) is 33.6. The van der Waals surface area contributed by atoms with Gasteiger partial charge in [-0.05, 0) is 136 Å². The number of hydrogen-bond donors (Lipinski definition) is 0. The smallest absolute Gasteiger partial charge is 0.0467 e. The van der Waals surface area contributed by atoms with E-state index in [2.05, 4.69) is 254 Å². The number of fused-ring (bicyclic) bond motifs is 3. The fourth-order valence-corrected chi connectivity index (χ4v) is 8.89. The summed E-state index contributed by atoms with van der Waals surface area (Å²) in [6.45, 7) is 0. The average molecular weight is 776 g/mol. The third-order valence-electron chi connectivity index (χ3n) is 12.0. The summed E-state index contributed by atoms with van der Waals surface area (Å²) in [7, 11) is 0. The molecule has 0 aromatic heterocycles. The molecule has 0 saturated carbocycles. The van der Waals surface area contributed by atoms with Gasteiger partial charge in [-0.2, -0.15) is 0 Å². The maximum Gasteiger partial charge on any atom is 0.0467 e. The van der Waals surface area contributed by atoms with E-state index in [0.717, 1.165) is 17.1 Å². The molecule has 286 valence electrons. The van der Waals surface area contributed by atoms with Crippen LogP contribution < -0.4 is 4.90 Å². The number of hydrogen-bond acceptors (Lipinski definition) is 1. The second kappa shape index (κ2) is 15.6. The molecule has 0 heterocycles. The molecule has 0 saturated heterocycles. The molecule has 0 aliphatic rings. The molecule has 11 aromatic carbocycles. The Morgan fingerprint density at radius 1 is 0.213 bits per heavy atom. The van der Waals surface area contributed by atoms with Crippen molar-refractivity contribution in [1.29, 1.82) is 0 Å². The molecule has 0 unspecified atom stereocenters. The predicted octanol–water partition coefficient (Wildman–Crippen LogP) is 17.0. The highest BCUT2D eigenvalue weighted by molar-refractivity contribution is 6.04. The van der Waals surface area contributed by atoms with Crippen molar-refractivity contribution in [3.8, 4) is 55.6 Å². The maximum atomic E-state index is 2.37. The summed E-state index contributed by atoms with van der Waals surface area (Å²) in [5.41, 5.74) is 15.3. The quantitative estimate of drug-likeness (QED) is 0.149. The third kappa shape index (κ3) is 7.03. The van der Waals surface area contributed by atoms with Crippen molar-refractivity contribution in [2.24, 2.45) is 0 Å². The summed E-state index contributed by atoms with van der Waals surface area (Å²) in [6.07, 6.45) is 0. The van der Waals surface area contributed by atoms with E-state index in [-0.39, 0.29) is 0 Å². The van der Waals surface area contributed by atoms with Gasteiger partial charge < -0.3 is 4.90 Å². The topological polar surface area (TPSA) is 3.24 Å². The van der Waals surface area contributed by atoms with E-state index >= 15 is 0 Å². The van der Waals surface area contributed by atoms with Crippen LogP contribution in [0.5, 0.6) is 0 Å². The molecular formula is C60H41N. The minimum absolute atomic E-state index is 1.09. The number of nitrogens with zero attached hydrogens (tertiary/aromatic N) is 1. The Labute approximate surface area is 357 Å². The predicted molar refractivity (Wildman–Crippen MR) is 261 cm³/mol. The Kier molecular flexibility index (Phi) is 9.26. The molecule has 0 aliphatic carbocycles. The van der Waals surface area contributed by atoms with Crippen LogP contribution in [0.25, 0.3) is 88.0 Å². The van der Waals surface area contributed by atoms with E-state index in [1.54, 1.807) is 0 Å². The molecule has 0 aliphatic heterocycles. The van der Waals surface area contributed by atoms with Gasteiger partial charge in [0.05, 0.1) is 0 Å². The first kappa shape index (κ1) is 36.1. The Morgan fingerprint density at radius 3 is 1.26 bits per heavy atom. The van der Waals surface area contributed by atoms with Gasteiger partial charge in [0.25, 0.3) is 0 Å². The molecule has 0 bridgehead atoms. The van der Waals surface area contributed by atoms with Crippen LogP contribution in [0.1, 0.15) is 0 Å². The Hall–Kier alpha value is -8.00. The molecule has 0 N–H and O–H groups in total. The minimum atomic E-state index is 1.09. The molecule has 61 heavy (non-hydrogen) atoms. The summed E-state index contributed by atoms with van der Waals surface area (Å²) in [4.78, 5) is 2.37. The van der Waals surface area contributed by atoms with E-state index in [1.165, 1.54) is 88.0 Å². The van der Waals surface area contributed by atoms with Crippen LogP contribution in [-0.2, 0) is 0 Å². The van der Waals surface area contributed by atoms with Gasteiger partial charge in [0, 0.05) is 17.1 Å². The number of rotatable bonds is 8. The fourth-order valence-electron chi connectivity index (χ4n) is 8.89. The van der Waals surface area contributed by atoms with Crippen LogP contribution >= 0.6 is 0 Å². The van der Waals surface area contributed by atoms with Crippen molar-refractivity contribution in [3.05, 3.63) is 249 Å². The second-order valence-electron chi connectivity index (χ2n) is 15.8. The summed E-state index contributed by atoms with van der Waals surface area (Å²) in [5, 5.41) is 7.49. The minimum Gasteiger partial charge on any atom is -0.310 e. The van der Waals surface area contributed by atoms with Crippen molar-refractivity contribution in [2.75, 3.05) is 4.90 Å². The van der Waals surface area contributed by atoms with Gasteiger partial charge in [0.1, 0.15) is 0 Å². The van der Waals surface area contributed by atoms with Crippen LogP contribution in [-0.4, -0.2) is 0 Å². The monoisotopic (exact) mass is 775 g/mol. The van der Waals surface area contributed by atoms with Gasteiger partial charge in [-0.25, -0.2) is 0 Å². The molecule has 0 spiro atoms. The zero-order valence-electron chi connectivity index (χ0n) is 33.6. The fraction of sp³-hybridized carbons (Fsp3) is 0. The van der Waals surface area contributed by atoms with Gasteiger partial charge in [-0.1, -0.05) is 200 Å². The first-order chi connectivity index (χ1) is 30.2. The summed E-state index contributed by atoms with van der Waals surface area (Å²) >= 11 is 0. The summed E-state index contributed by atoms with van der Waals surface area (Å²) in [6, 6.07) is 90.5. The molecular weight excluding hydrogens is 735 g/mol. The van der Waals surface area contributed by atoms with Crippen LogP contribution in [0.3, 0.4) is 0 Å². The lowest BCUT2D eigenvalue weighted by atomic mass is 9.90. The SMILES string of the molecule is c1ccc(-c2c(-c3ccc(N(c4ccc(-c5ccc(-c6ccc7ccccc7c6)cc5)cc4)c4cccc(-c5ccc6ccccc6c5)c4)cc3)ccc3ccccc23)cc1. The summed E-state index contributed by atoms with van der Waals surface area (Å²) < 4.78 is 0. The molecule has 11 aromatic rings. The van der Waals surface area contributed by atoms with E-state index in [9.17, 15) is 0 Å². The third-order valence-corrected chi connectivity index (χ3v) is 12.0. The molecule has 1 heteroatoms. The van der Waals surface area contributed by atoms with Gasteiger partial charge in [0.15, 0.2) is 0 Å². The van der Waals surface area contributed by atoms with Crippen molar-refractivity contribution in [2.45, 2.75) is 0 Å². The average Bonchev–Trinajstić information content (AvgIpc) is 3.34. The van der Waals surface area contributed by atoms with Crippen molar-refractivity contribution in [1.82, 2.24) is 0 Å². The van der Waals surface area contributed by atoms with Crippen LogP contribution in [0.2, 0.25) is 0 Å². The highest BCUT2D eigenvalue weighted by atomic mass is 15.1. The standard InChI is InChI=1S/C60H41N/c1-2-14-49(15-3-1)60-58-20-9-8-13-47(58)33-38-59(60)48-31-36-56(37-32-48)61(57-19-10-18-52(41-57)54-28-26-43-12-5-7-17-51(43)40-54)55-34-29-45(30-35-55)44-21-23-46(24-22-44)53-27-25-42-11-4-6-16-50(42)39-53/h1-41H. The maximum absolute atomic E-state index is 2.37. The lowest BCUT2D eigenvalue weighted by Gasteiger charge is -2.26. The molecule has 0 amide bonds. The van der Waals surface area contributed by atoms with Crippen LogP contribution in [0.15, 0.2) is 249 Å². The van der Waals surface area contributed by atoms with E-state index in [0.29, 0.717) is 0 Å². The van der Waals surface area contributed by atoms with Gasteiger partial charge in [-0.15, -0.1) is 0 Å². The molecule has 0 fully saturated rings. The highest BCUT2D eigenvalue weighted by Crippen LogP contribution is 2.42. The van der Waals surface area contributed by atoms with Crippen molar-refractivity contribution in [3.63, 3.8) is 0 Å². The normalized spacial score (nSPS) is 11.3. The zero-order chi connectivity index (χ0) is 40.5. The molecule has 0 atom stereocenters. The first-order valence-electron chi connectivity index (χ1n) is 21.0. The van der Waals surface area contributed by atoms with Crippen molar-refractivity contribution < 1.29 is 0 Å². The Morgan fingerprint density at radius 2 is 0.639 bits per heavy atom. The molecule has 11 rings (SSSR count). The Bertz CT molecular complexity index is 3330. The van der Waals surface area contributed by atoms with E-state index in [1.807, 2.05) is 0 Å². The molecule has 1 nitrogen and oxygen atoms in total. The second-order valence-corrected chi connectivity index (χ2v) is 15.8. The van der Waals surface area contributed by atoms with Gasteiger partial charge >= 0.3 is 0 Å². The highest BCUT2D eigenvalue weighted by Gasteiger charge is 2.17. The van der Waals surface area contributed by atoms with Gasteiger partial charge in [0.2, 0.25) is 0 Å². The first-order valence-corrected chi connectivity index (χ1v) is 21.0. The number of benzene rings is 11. The van der Waals surface area contributed by atoms with Gasteiger partial charge in [-0.3, -0.25) is 0 Å². The summed E-state index contributed by atoms with van der Waals surface area (Å²) in [5.74, 6) is 0. The molecule has 0 radical (unpaired) electrons. The lowest BCUT2D eigenvalue weighted by Crippen LogP contribution is -2.10.